The molecule has 104 valence electrons. The zero-order valence-electron chi connectivity index (χ0n) is 10.8. The summed E-state index contributed by atoms with van der Waals surface area (Å²) in [6.07, 6.45) is -0.194. The molecule has 1 aromatic heterocycles. The van der Waals surface area contributed by atoms with E-state index in [9.17, 15) is 18.3 Å². The van der Waals surface area contributed by atoms with Gasteiger partial charge in [0.15, 0.2) is 0 Å². The number of rotatable bonds is 1. The lowest BCUT2D eigenvalue weighted by molar-refractivity contribution is -0.137. The van der Waals surface area contributed by atoms with Crippen LogP contribution in [-0.4, -0.2) is 16.2 Å². The lowest BCUT2D eigenvalue weighted by Gasteiger charge is -2.33. The molecule has 0 spiro atoms. The van der Waals surface area contributed by atoms with Crippen molar-refractivity contribution in [3.63, 3.8) is 0 Å². The summed E-state index contributed by atoms with van der Waals surface area (Å²) in [4.78, 5) is 3.78. The first kappa shape index (κ1) is 14.1. The highest BCUT2D eigenvalue weighted by Gasteiger charge is 2.36. The van der Waals surface area contributed by atoms with Gasteiger partial charge in [0.2, 0.25) is 0 Å². The second-order valence-corrected chi connectivity index (χ2v) is 5.72. The van der Waals surface area contributed by atoms with E-state index < -0.39 is 17.8 Å². The monoisotopic (exact) mass is 271 g/mol. The molecule has 0 aliphatic heterocycles. The summed E-state index contributed by atoms with van der Waals surface area (Å²) >= 11 is 0. The summed E-state index contributed by atoms with van der Waals surface area (Å²) in [6.45, 7) is 3.87. The lowest BCUT2D eigenvalue weighted by Crippen LogP contribution is -2.25. The van der Waals surface area contributed by atoms with Gasteiger partial charge in [0.1, 0.15) is 0 Å². The fraction of sp³-hybridized carbons (Fsp3) is 0.500. The van der Waals surface area contributed by atoms with Crippen LogP contribution in [-0.2, 0) is 6.18 Å². The van der Waals surface area contributed by atoms with Crippen LogP contribution in [0.1, 0.15) is 37.8 Å². The van der Waals surface area contributed by atoms with Crippen LogP contribution in [0, 0.1) is 5.41 Å². The van der Waals surface area contributed by atoms with Gasteiger partial charge in [-0.3, -0.25) is 4.98 Å². The van der Waals surface area contributed by atoms with Gasteiger partial charge in [-0.15, -0.1) is 0 Å². The van der Waals surface area contributed by atoms with Gasteiger partial charge in [0, 0.05) is 18.0 Å². The van der Waals surface area contributed by atoms with Crippen molar-refractivity contribution in [3.8, 4) is 0 Å². The van der Waals surface area contributed by atoms with E-state index in [1.165, 1.54) is 12.3 Å². The van der Waals surface area contributed by atoms with Crippen LogP contribution in [0.2, 0.25) is 0 Å². The molecule has 2 rings (SSSR count). The average molecular weight is 271 g/mol. The van der Waals surface area contributed by atoms with E-state index in [1.807, 2.05) is 13.8 Å². The first-order valence-electron chi connectivity index (χ1n) is 6.09. The summed E-state index contributed by atoms with van der Waals surface area (Å²) < 4.78 is 38.9. The third-order valence-corrected chi connectivity index (χ3v) is 3.30. The molecule has 19 heavy (non-hydrogen) atoms. The van der Waals surface area contributed by atoms with Gasteiger partial charge < -0.3 is 5.11 Å². The normalized spacial score (nSPS) is 23.1. The van der Waals surface area contributed by atoms with Gasteiger partial charge in [-0.1, -0.05) is 19.9 Å². The van der Waals surface area contributed by atoms with Gasteiger partial charge in [0.25, 0.3) is 0 Å². The van der Waals surface area contributed by atoms with Crippen LogP contribution < -0.4 is 0 Å². The van der Waals surface area contributed by atoms with Gasteiger partial charge in [-0.2, -0.15) is 13.2 Å². The number of hydrogen-bond acceptors (Lipinski definition) is 2. The lowest BCUT2D eigenvalue weighted by atomic mass is 9.74. The summed E-state index contributed by atoms with van der Waals surface area (Å²) in [5.74, 6) is 0. The van der Waals surface area contributed by atoms with Crippen molar-refractivity contribution in [3.05, 3.63) is 35.7 Å². The van der Waals surface area contributed by atoms with Gasteiger partial charge >= 0.3 is 6.18 Å². The maximum atomic E-state index is 13.0. The van der Waals surface area contributed by atoms with Crippen LogP contribution in [0.5, 0.6) is 0 Å². The molecule has 1 atom stereocenters. The molecule has 0 saturated heterocycles. The van der Waals surface area contributed by atoms with Crippen molar-refractivity contribution >= 4 is 5.57 Å². The Balaban J connectivity index is 2.48. The van der Waals surface area contributed by atoms with Gasteiger partial charge in [0.05, 0.1) is 11.7 Å². The quantitative estimate of drug-likeness (QED) is 0.845. The number of aliphatic hydroxyl groups excluding tert-OH is 1. The zero-order chi connectivity index (χ0) is 14.3. The predicted molar refractivity (Wildman–Crippen MR) is 66.2 cm³/mol. The number of aliphatic hydroxyl groups is 1. The SMILES string of the molecule is CC1(C)CC(c2cnccc2C(F)(F)F)=CC(O)C1. The standard InChI is InChI=1S/C14H16F3NO/c1-13(2)6-9(5-10(19)7-13)11-8-18-4-3-12(11)14(15,16)17/h3-5,8,10,19H,6-7H2,1-2H3. The van der Waals surface area contributed by atoms with Crippen LogP contribution in [0.3, 0.4) is 0 Å². The Kier molecular flexibility index (Phi) is 3.43. The fourth-order valence-electron chi connectivity index (χ4n) is 2.59. The van der Waals surface area contributed by atoms with E-state index in [-0.39, 0.29) is 11.0 Å². The van der Waals surface area contributed by atoms with Crippen molar-refractivity contribution in [2.75, 3.05) is 0 Å². The maximum absolute atomic E-state index is 13.0. The first-order valence-corrected chi connectivity index (χ1v) is 6.09. The Labute approximate surface area is 110 Å². The summed E-state index contributed by atoms with van der Waals surface area (Å²) in [6, 6.07) is 0.976. The number of hydrogen-bond donors (Lipinski definition) is 1. The van der Waals surface area contributed by atoms with Crippen LogP contribution >= 0.6 is 0 Å². The molecule has 0 fully saturated rings. The second kappa shape index (κ2) is 4.63. The number of pyridine rings is 1. The highest BCUT2D eigenvalue weighted by molar-refractivity contribution is 5.69. The highest BCUT2D eigenvalue weighted by atomic mass is 19.4. The molecule has 0 bridgehead atoms. The topological polar surface area (TPSA) is 33.1 Å². The minimum Gasteiger partial charge on any atom is -0.389 e. The predicted octanol–water partition coefficient (Wildman–Crippen LogP) is 3.66. The minimum atomic E-state index is -4.41. The number of aromatic nitrogens is 1. The van der Waals surface area contributed by atoms with Crippen molar-refractivity contribution in [1.82, 2.24) is 4.98 Å². The molecule has 0 saturated carbocycles. The van der Waals surface area contributed by atoms with Crippen molar-refractivity contribution in [2.24, 2.45) is 5.41 Å². The Morgan fingerprint density at radius 2 is 2.05 bits per heavy atom. The van der Waals surface area contributed by atoms with E-state index in [0.717, 1.165) is 12.3 Å². The Morgan fingerprint density at radius 3 is 2.63 bits per heavy atom. The molecule has 0 aromatic carbocycles. The van der Waals surface area contributed by atoms with Gasteiger partial charge in [-0.05, 0) is 29.9 Å². The molecule has 1 unspecified atom stereocenters. The van der Waals surface area contributed by atoms with Crippen molar-refractivity contribution < 1.29 is 18.3 Å². The molecule has 2 nitrogen and oxygen atoms in total. The summed E-state index contributed by atoms with van der Waals surface area (Å²) in [5, 5.41) is 9.79. The third-order valence-electron chi connectivity index (χ3n) is 3.30. The Morgan fingerprint density at radius 1 is 1.37 bits per heavy atom. The number of alkyl halides is 3. The van der Waals surface area contributed by atoms with E-state index in [1.54, 1.807) is 0 Å². The third kappa shape index (κ3) is 3.15. The van der Waals surface area contributed by atoms with Crippen LogP contribution in [0.4, 0.5) is 13.2 Å². The van der Waals surface area contributed by atoms with E-state index in [0.29, 0.717) is 18.4 Å². The van der Waals surface area contributed by atoms with E-state index >= 15 is 0 Å². The first-order chi connectivity index (χ1) is 8.69. The molecule has 1 aromatic rings. The smallest absolute Gasteiger partial charge is 0.389 e. The summed E-state index contributed by atoms with van der Waals surface area (Å²) in [5.41, 5.74) is -0.327. The maximum Gasteiger partial charge on any atom is 0.417 e. The molecule has 1 N–H and O–H groups in total. The molecule has 0 radical (unpaired) electrons. The van der Waals surface area contributed by atoms with Gasteiger partial charge in [-0.25, -0.2) is 0 Å². The number of allylic oxidation sites excluding steroid dienone is 1. The van der Waals surface area contributed by atoms with Crippen LogP contribution in [0.15, 0.2) is 24.5 Å². The number of nitrogens with zero attached hydrogens (tertiary/aromatic N) is 1. The second-order valence-electron chi connectivity index (χ2n) is 5.72. The van der Waals surface area contributed by atoms with Crippen molar-refractivity contribution in [1.29, 1.82) is 0 Å². The Bertz CT molecular complexity index is 506. The van der Waals surface area contributed by atoms with E-state index in [4.69, 9.17) is 0 Å². The molecule has 0 amide bonds. The zero-order valence-corrected chi connectivity index (χ0v) is 10.8. The molecular weight excluding hydrogens is 255 g/mol. The fourth-order valence-corrected chi connectivity index (χ4v) is 2.59. The minimum absolute atomic E-state index is 0.0711. The number of halogens is 3. The summed E-state index contributed by atoms with van der Waals surface area (Å²) in [7, 11) is 0. The molecule has 1 heterocycles. The van der Waals surface area contributed by atoms with Crippen molar-refractivity contribution in [2.45, 2.75) is 39.0 Å². The molecule has 1 aliphatic rings. The molecule has 1 aliphatic carbocycles. The highest BCUT2D eigenvalue weighted by Crippen LogP contribution is 2.43. The Hall–Kier alpha value is -1.36. The molecular formula is C14H16F3NO. The average Bonchev–Trinajstić information content (AvgIpc) is 2.25. The van der Waals surface area contributed by atoms with E-state index in [2.05, 4.69) is 4.98 Å². The van der Waals surface area contributed by atoms with Crippen LogP contribution in [0.25, 0.3) is 5.57 Å². The largest absolute Gasteiger partial charge is 0.417 e. The molecule has 5 heteroatoms.